The van der Waals surface area contributed by atoms with Crippen LogP contribution in [0.4, 0.5) is 14.6 Å². The van der Waals surface area contributed by atoms with Gasteiger partial charge in [0.2, 0.25) is 5.82 Å². The minimum absolute atomic E-state index is 0.356. The Bertz CT molecular complexity index is 1450. The summed E-state index contributed by atoms with van der Waals surface area (Å²) in [6, 6.07) is 12.8. The first kappa shape index (κ1) is 26.5. The van der Waals surface area contributed by atoms with Crippen LogP contribution in [0.15, 0.2) is 59.3 Å². The number of aromatic nitrogens is 4. The van der Waals surface area contributed by atoms with Gasteiger partial charge < -0.3 is 15.2 Å². The number of halogens is 3. The van der Waals surface area contributed by atoms with E-state index in [-0.39, 0.29) is 0 Å². The molecular weight excluding hydrogens is 538 g/mol. The average Bonchev–Trinajstić information content (AvgIpc) is 3.19. The van der Waals surface area contributed by atoms with Crippen LogP contribution in [0.2, 0.25) is 0 Å². The summed E-state index contributed by atoms with van der Waals surface area (Å²) in [6.45, 7) is 1.60. The number of aliphatic hydroxyl groups is 1. The number of nitro groups is 1. The molecule has 0 unspecified atom stereocenters. The van der Waals surface area contributed by atoms with E-state index in [9.17, 15) is 24.0 Å². The molecule has 0 aliphatic rings. The van der Waals surface area contributed by atoms with Crippen LogP contribution in [0.25, 0.3) is 11.3 Å². The largest absolute Gasteiger partial charge is 0.399 e. The molecule has 1 N–H and O–H groups in total. The molecule has 3 heterocycles. The molecule has 0 radical (unpaired) electrons. The summed E-state index contributed by atoms with van der Waals surface area (Å²) in [6.07, 6.45) is 2.53. The topological polar surface area (TPSA) is 131 Å². The van der Waals surface area contributed by atoms with Gasteiger partial charge in [-0.1, -0.05) is 6.07 Å². The molecule has 12 heteroatoms. The standard InChI is InChI=1S/C19H17FN4O.C5H2BrFN2O2/c1-12(25)18-9-14(20)5-6-17(18)19-13(4-3-7-22-19)8-16-10-15(11-21)23-24(16)2;6-3-1-4(7)5(8-2-3)9(10)11/h3-7,9-10,12,25H,8H2,1-2H3;1-2H/t12-;/m1./s1. The van der Waals surface area contributed by atoms with Gasteiger partial charge in [-0.25, -0.2) is 4.39 Å². The summed E-state index contributed by atoms with van der Waals surface area (Å²) in [4.78, 5) is 16.9. The Kier molecular flexibility index (Phi) is 8.52. The van der Waals surface area contributed by atoms with Crippen molar-refractivity contribution in [1.82, 2.24) is 19.7 Å². The molecule has 0 aliphatic carbocycles. The minimum Gasteiger partial charge on any atom is -0.389 e. The van der Waals surface area contributed by atoms with E-state index in [1.54, 1.807) is 37.0 Å². The van der Waals surface area contributed by atoms with Gasteiger partial charge in [-0.3, -0.25) is 9.67 Å². The van der Waals surface area contributed by atoms with Crippen molar-refractivity contribution in [3.63, 3.8) is 0 Å². The van der Waals surface area contributed by atoms with Gasteiger partial charge in [-0.2, -0.15) is 14.8 Å². The van der Waals surface area contributed by atoms with E-state index in [0.717, 1.165) is 17.3 Å². The lowest BCUT2D eigenvalue weighted by Gasteiger charge is -2.15. The number of hydrogen-bond acceptors (Lipinski definition) is 7. The molecule has 4 aromatic rings. The highest BCUT2D eigenvalue weighted by Gasteiger charge is 2.17. The van der Waals surface area contributed by atoms with Crippen molar-refractivity contribution < 1.29 is 18.8 Å². The Morgan fingerprint density at radius 1 is 1.25 bits per heavy atom. The fourth-order valence-corrected chi connectivity index (χ4v) is 3.68. The summed E-state index contributed by atoms with van der Waals surface area (Å²) in [5, 5.41) is 33.2. The maximum absolute atomic E-state index is 13.6. The molecule has 0 saturated carbocycles. The lowest BCUT2D eigenvalue weighted by molar-refractivity contribution is -0.392. The third kappa shape index (κ3) is 6.32. The molecule has 0 fully saturated rings. The minimum atomic E-state index is -0.940. The zero-order valence-corrected chi connectivity index (χ0v) is 20.6. The normalized spacial score (nSPS) is 11.2. The van der Waals surface area contributed by atoms with Gasteiger partial charge in [0.05, 0.1) is 16.3 Å². The Hall–Kier alpha value is -4.08. The van der Waals surface area contributed by atoms with E-state index in [2.05, 4.69) is 31.0 Å². The van der Waals surface area contributed by atoms with Crippen molar-refractivity contribution in [2.45, 2.75) is 19.4 Å². The summed E-state index contributed by atoms with van der Waals surface area (Å²) < 4.78 is 28.2. The number of rotatable bonds is 5. The van der Waals surface area contributed by atoms with Crippen LogP contribution in [-0.4, -0.2) is 29.8 Å². The molecule has 36 heavy (non-hydrogen) atoms. The zero-order chi connectivity index (χ0) is 26.4. The molecule has 9 nitrogen and oxygen atoms in total. The van der Waals surface area contributed by atoms with Gasteiger partial charge in [-0.15, -0.1) is 0 Å². The van der Waals surface area contributed by atoms with Crippen molar-refractivity contribution in [3.8, 4) is 17.3 Å². The molecule has 0 amide bonds. The summed E-state index contributed by atoms with van der Waals surface area (Å²) in [5.41, 5.74) is 3.99. The molecule has 4 rings (SSSR count). The molecule has 0 saturated heterocycles. The summed E-state index contributed by atoms with van der Waals surface area (Å²) >= 11 is 2.92. The highest BCUT2D eigenvalue weighted by atomic mass is 79.9. The molecule has 3 aromatic heterocycles. The highest BCUT2D eigenvalue weighted by molar-refractivity contribution is 9.10. The molecule has 0 spiro atoms. The van der Waals surface area contributed by atoms with Crippen LogP contribution in [0.3, 0.4) is 0 Å². The average molecular weight is 557 g/mol. The lowest BCUT2D eigenvalue weighted by atomic mass is 9.95. The van der Waals surface area contributed by atoms with Crippen molar-refractivity contribution in [2.24, 2.45) is 7.05 Å². The van der Waals surface area contributed by atoms with Crippen LogP contribution < -0.4 is 0 Å². The molecule has 184 valence electrons. The maximum atomic E-state index is 13.6. The van der Waals surface area contributed by atoms with E-state index in [1.165, 1.54) is 18.3 Å². The Morgan fingerprint density at radius 2 is 2.00 bits per heavy atom. The van der Waals surface area contributed by atoms with Crippen molar-refractivity contribution >= 4 is 21.7 Å². The van der Waals surface area contributed by atoms with Gasteiger partial charge >= 0.3 is 5.82 Å². The van der Waals surface area contributed by atoms with Crippen LogP contribution in [0.5, 0.6) is 0 Å². The second kappa shape index (κ2) is 11.6. The smallest absolute Gasteiger partial charge is 0.389 e. The Labute approximate surface area is 213 Å². The monoisotopic (exact) mass is 556 g/mol. The van der Waals surface area contributed by atoms with Crippen molar-refractivity contribution in [2.75, 3.05) is 0 Å². The number of aliphatic hydroxyl groups excluding tert-OH is 1. The molecule has 0 aliphatic heterocycles. The number of nitrogens with zero attached hydrogens (tertiary/aromatic N) is 6. The van der Waals surface area contributed by atoms with E-state index in [1.807, 2.05) is 18.2 Å². The number of nitriles is 1. The van der Waals surface area contributed by atoms with Gasteiger partial charge in [-0.05, 0) is 74.2 Å². The predicted octanol–water partition coefficient (Wildman–Crippen LogP) is 5.03. The predicted molar refractivity (Wildman–Crippen MR) is 130 cm³/mol. The number of hydrogen-bond donors (Lipinski definition) is 1. The number of pyridine rings is 2. The van der Waals surface area contributed by atoms with Crippen LogP contribution in [0, 0.1) is 33.1 Å². The van der Waals surface area contributed by atoms with Gasteiger partial charge in [0.1, 0.15) is 11.9 Å². The van der Waals surface area contributed by atoms with E-state index < -0.39 is 28.5 Å². The van der Waals surface area contributed by atoms with Crippen molar-refractivity contribution in [1.29, 1.82) is 5.26 Å². The van der Waals surface area contributed by atoms with Gasteiger partial charge in [0.15, 0.2) is 11.9 Å². The molecule has 1 atom stereocenters. The second-order valence-corrected chi connectivity index (χ2v) is 8.48. The SMILES string of the molecule is C[C@@H](O)c1cc(F)ccc1-c1ncccc1Cc1cc(C#N)nn1C.O=[N+]([O-])c1ncc(Br)cc1F. The summed E-state index contributed by atoms with van der Waals surface area (Å²) in [5.74, 6) is -2.10. The fraction of sp³-hybridized carbons (Fsp3) is 0.167. The van der Waals surface area contributed by atoms with Crippen LogP contribution >= 0.6 is 15.9 Å². The molecular formula is C24H19BrF2N6O3. The second-order valence-electron chi connectivity index (χ2n) is 7.57. The number of benzene rings is 1. The Balaban J connectivity index is 0.000000275. The summed E-state index contributed by atoms with van der Waals surface area (Å²) in [7, 11) is 1.78. The first-order chi connectivity index (χ1) is 17.1. The molecule has 0 bridgehead atoms. The lowest BCUT2D eigenvalue weighted by Crippen LogP contribution is -2.03. The first-order valence-electron chi connectivity index (χ1n) is 10.4. The third-order valence-electron chi connectivity index (χ3n) is 5.03. The van der Waals surface area contributed by atoms with Crippen LogP contribution in [0.1, 0.15) is 35.5 Å². The highest BCUT2D eigenvalue weighted by Crippen LogP contribution is 2.31. The fourth-order valence-electron chi connectivity index (χ4n) is 3.38. The molecule has 1 aromatic carbocycles. The van der Waals surface area contributed by atoms with Gasteiger partial charge in [0, 0.05) is 37.0 Å². The van der Waals surface area contributed by atoms with E-state index >= 15 is 0 Å². The van der Waals surface area contributed by atoms with Crippen molar-refractivity contribution in [3.05, 3.63) is 104 Å². The first-order valence-corrected chi connectivity index (χ1v) is 11.2. The van der Waals surface area contributed by atoms with Crippen LogP contribution in [-0.2, 0) is 13.5 Å². The zero-order valence-electron chi connectivity index (χ0n) is 19.1. The number of aryl methyl sites for hydroxylation is 1. The third-order valence-corrected chi connectivity index (χ3v) is 5.47. The van der Waals surface area contributed by atoms with Gasteiger partial charge in [0.25, 0.3) is 0 Å². The maximum Gasteiger partial charge on any atom is 0.399 e. The van der Waals surface area contributed by atoms with E-state index in [4.69, 9.17) is 5.26 Å². The van der Waals surface area contributed by atoms with E-state index in [0.29, 0.717) is 33.4 Å². The quantitative estimate of drug-likeness (QED) is 0.269. The Morgan fingerprint density at radius 3 is 2.61 bits per heavy atom.